The predicted molar refractivity (Wildman–Crippen MR) is 80.2 cm³/mol. The van der Waals surface area contributed by atoms with Gasteiger partial charge in [0.05, 0.1) is 10.5 Å². The van der Waals surface area contributed by atoms with Gasteiger partial charge in [-0.05, 0) is 13.0 Å². The van der Waals surface area contributed by atoms with Gasteiger partial charge in [-0.1, -0.05) is 0 Å². The number of amides is 1. The summed E-state index contributed by atoms with van der Waals surface area (Å²) >= 11 is 1.52. The van der Waals surface area contributed by atoms with E-state index in [0.29, 0.717) is 10.7 Å². The third kappa shape index (κ3) is 2.52. The molecule has 0 radical (unpaired) electrons. The molecule has 106 valence electrons. The Labute approximate surface area is 120 Å². The molecule has 1 aromatic rings. The molecule has 8 heteroatoms. The number of fused-ring (bicyclic) bond motifs is 1. The van der Waals surface area contributed by atoms with E-state index in [0.717, 1.165) is 23.7 Å². The van der Waals surface area contributed by atoms with Gasteiger partial charge in [-0.3, -0.25) is 10.5 Å². The maximum atomic E-state index is 12.2. The van der Waals surface area contributed by atoms with Crippen molar-refractivity contribution in [1.29, 1.82) is 0 Å². The monoisotopic (exact) mass is 292 g/mol. The van der Waals surface area contributed by atoms with Crippen LogP contribution in [0.3, 0.4) is 0 Å². The van der Waals surface area contributed by atoms with Crippen LogP contribution in [-0.4, -0.2) is 34.8 Å². The Balaban J connectivity index is 1.84. The zero-order valence-electron chi connectivity index (χ0n) is 11.0. The molecule has 1 aromatic heterocycles. The molecule has 1 atom stereocenters. The van der Waals surface area contributed by atoms with Crippen LogP contribution in [0.5, 0.6) is 0 Å². The molecule has 0 saturated carbocycles. The molecule has 20 heavy (non-hydrogen) atoms. The molecule has 0 aromatic carbocycles. The van der Waals surface area contributed by atoms with Gasteiger partial charge in [-0.2, -0.15) is 0 Å². The minimum Gasteiger partial charge on any atom is -0.389 e. The topological polar surface area (TPSA) is 107 Å². The van der Waals surface area contributed by atoms with Gasteiger partial charge < -0.3 is 20.9 Å². The van der Waals surface area contributed by atoms with Crippen molar-refractivity contribution in [1.82, 2.24) is 15.6 Å². The quantitative estimate of drug-likeness (QED) is 0.505. The Morgan fingerprint density at radius 2 is 2.45 bits per heavy atom. The van der Waals surface area contributed by atoms with Crippen LogP contribution in [-0.2, 0) is 4.79 Å². The number of carbonyl (C=O) groups excluding carboxylic acids is 1. The molecule has 0 aliphatic carbocycles. The molecule has 0 fully saturated rings. The first-order valence-electron chi connectivity index (χ1n) is 6.27. The van der Waals surface area contributed by atoms with Crippen molar-refractivity contribution in [2.45, 2.75) is 12.7 Å². The number of rotatable bonds is 1. The Bertz CT molecular complexity index is 603. The molecule has 2 aliphatic heterocycles. The predicted octanol–water partition coefficient (Wildman–Crippen LogP) is 0.113. The van der Waals surface area contributed by atoms with Gasteiger partial charge >= 0.3 is 0 Å². The fourth-order valence-corrected chi connectivity index (χ4v) is 2.85. The maximum absolute atomic E-state index is 12.2. The normalized spacial score (nSPS) is 24.7. The summed E-state index contributed by atoms with van der Waals surface area (Å²) in [5, 5.41) is 8.94. The summed E-state index contributed by atoms with van der Waals surface area (Å²) in [6.45, 7) is 2.61. The molecule has 3 heterocycles. The fraction of sp³-hybridized carbons (Fsp3) is 0.333. The third-order valence-corrected chi connectivity index (χ3v) is 3.94. The highest BCUT2D eigenvalue weighted by atomic mass is 32.2. The molecule has 7 nitrogen and oxygen atoms in total. The van der Waals surface area contributed by atoms with Gasteiger partial charge in [0, 0.05) is 24.7 Å². The highest BCUT2D eigenvalue weighted by Gasteiger charge is 2.28. The average molecular weight is 292 g/mol. The molecule has 0 unspecified atom stereocenters. The molecular formula is C12H16N6OS. The molecule has 0 spiro atoms. The van der Waals surface area contributed by atoms with Crippen molar-refractivity contribution >= 4 is 29.3 Å². The summed E-state index contributed by atoms with van der Waals surface area (Å²) in [6, 6.07) is 1.84. The van der Waals surface area contributed by atoms with E-state index in [4.69, 9.17) is 5.73 Å². The Hall–Kier alpha value is -1.93. The number of anilines is 1. The molecular weight excluding hydrogens is 276 g/mol. The van der Waals surface area contributed by atoms with E-state index in [-0.39, 0.29) is 5.91 Å². The zero-order valence-corrected chi connectivity index (χ0v) is 11.8. The number of aromatic nitrogens is 1. The van der Waals surface area contributed by atoms with Crippen LogP contribution in [0.2, 0.25) is 0 Å². The zero-order chi connectivity index (χ0) is 14.2. The molecule has 6 N–H and O–H groups in total. The molecule has 3 rings (SSSR count). The second kappa shape index (κ2) is 4.88. The standard InChI is InChI=1S/C12H16N6OS/c1-12(13)17-9-7(2-3-15-9)10(18-12)16-11(19)8-6-14-4-5-20-8/h2-3,6,14-15,17H,4-5,13H2,1H3,(H,16,18,19)/t12-/m0/s1. The van der Waals surface area contributed by atoms with Crippen LogP contribution in [0.25, 0.3) is 0 Å². The number of aliphatic imine (C=N–C) groups is 1. The summed E-state index contributed by atoms with van der Waals surface area (Å²) in [4.78, 5) is 20.2. The first kappa shape index (κ1) is 13.1. The van der Waals surface area contributed by atoms with E-state index in [2.05, 4.69) is 25.9 Å². The number of amidine groups is 1. The Kier molecular flexibility index (Phi) is 3.19. The van der Waals surface area contributed by atoms with Gasteiger partial charge in [-0.15, -0.1) is 11.8 Å². The number of thioether (sulfide) groups is 1. The van der Waals surface area contributed by atoms with Crippen LogP contribution in [0, 0.1) is 0 Å². The fourth-order valence-electron chi connectivity index (χ4n) is 2.07. The van der Waals surface area contributed by atoms with E-state index < -0.39 is 5.79 Å². The van der Waals surface area contributed by atoms with Crippen LogP contribution in [0.4, 0.5) is 5.82 Å². The summed E-state index contributed by atoms with van der Waals surface area (Å²) in [7, 11) is 0. The Morgan fingerprint density at radius 1 is 1.60 bits per heavy atom. The van der Waals surface area contributed by atoms with E-state index in [1.165, 1.54) is 11.8 Å². The highest BCUT2D eigenvalue weighted by molar-refractivity contribution is 8.04. The maximum Gasteiger partial charge on any atom is 0.264 e. The van der Waals surface area contributed by atoms with Gasteiger partial charge in [-0.25, -0.2) is 4.99 Å². The first-order chi connectivity index (χ1) is 9.55. The molecule has 0 saturated heterocycles. The average Bonchev–Trinajstić information content (AvgIpc) is 2.86. The first-order valence-corrected chi connectivity index (χ1v) is 7.26. The van der Waals surface area contributed by atoms with Crippen LogP contribution < -0.4 is 21.7 Å². The third-order valence-electron chi connectivity index (χ3n) is 2.92. The number of carbonyl (C=O) groups is 1. The smallest absolute Gasteiger partial charge is 0.264 e. The molecule has 0 bridgehead atoms. The lowest BCUT2D eigenvalue weighted by atomic mass is 10.2. The van der Waals surface area contributed by atoms with Crippen LogP contribution >= 0.6 is 11.8 Å². The number of nitrogens with one attached hydrogen (secondary N) is 4. The lowest BCUT2D eigenvalue weighted by Crippen LogP contribution is -2.49. The minimum atomic E-state index is -0.952. The van der Waals surface area contributed by atoms with Gasteiger partial charge in [0.2, 0.25) is 0 Å². The Morgan fingerprint density at radius 3 is 3.20 bits per heavy atom. The number of aromatic amines is 1. The van der Waals surface area contributed by atoms with Gasteiger partial charge in [0.1, 0.15) is 11.7 Å². The summed E-state index contributed by atoms with van der Waals surface area (Å²) in [5.74, 6) is 0.973. The van der Waals surface area contributed by atoms with E-state index in [1.54, 1.807) is 19.3 Å². The van der Waals surface area contributed by atoms with Crippen LogP contribution in [0.15, 0.2) is 28.4 Å². The minimum absolute atomic E-state index is 0.175. The van der Waals surface area contributed by atoms with Crippen molar-refractivity contribution in [2.75, 3.05) is 17.6 Å². The summed E-state index contributed by atoms with van der Waals surface area (Å²) in [6.07, 6.45) is 3.50. The van der Waals surface area contributed by atoms with Gasteiger partial charge in [0.25, 0.3) is 5.91 Å². The van der Waals surface area contributed by atoms with Crippen molar-refractivity contribution < 1.29 is 4.79 Å². The van der Waals surface area contributed by atoms with Crippen molar-refractivity contribution in [3.63, 3.8) is 0 Å². The highest BCUT2D eigenvalue weighted by Crippen LogP contribution is 2.24. The van der Waals surface area contributed by atoms with Gasteiger partial charge in [0.15, 0.2) is 5.79 Å². The van der Waals surface area contributed by atoms with E-state index >= 15 is 0 Å². The molecule has 1 amide bonds. The van der Waals surface area contributed by atoms with Crippen LogP contribution in [0.1, 0.15) is 12.5 Å². The van der Waals surface area contributed by atoms with Crippen molar-refractivity contribution in [2.24, 2.45) is 10.7 Å². The second-order valence-electron chi connectivity index (χ2n) is 4.76. The number of hydrogen-bond acceptors (Lipinski definition) is 6. The second-order valence-corrected chi connectivity index (χ2v) is 5.90. The number of H-pyrrole nitrogens is 1. The molecule has 2 aliphatic rings. The van der Waals surface area contributed by atoms with E-state index in [1.807, 2.05) is 6.07 Å². The number of nitrogens with two attached hydrogens (primary N) is 1. The van der Waals surface area contributed by atoms with Crippen molar-refractivity contribution in [3.05, 3.63) is 28.9 Å². The summed E-state index contributed by atoms with van der Waals surface area (Å²) < 4.78 is 0. The largest absolute Gasteiger partial charge is 0.389 e. The van der Waals surface area contributed by atoms with E-state index in [9.17, 15) is 4.79 Å². The lowest BCUT2D eigenvalue weighted by Gasteiger charge is -2.29. The SMILES string of the molecule is C[C@@]1(N)N=C(NC(=O)C2=CNCCS2)c2cc[nH]c2N1. The lowest BCUT2D eigenvalue weighted by molar-refractivity contribution is -0.115. The summed E-state index contributed by atoms with van der Waals surface area (Å²) in [5.41, 5.74) is 6.80. The van der Waals surface area contributed by atoms with Crippen molar-refractivity contribution in [3.8, 4) is 0 Å². The number of nitrogens with zero attached hydrogens (tertiary/aromatic N) is 1. The number of hydrogen-bond donors (Lipinski definition) is 5.